The minimum absolute atomic E-state index is 0.00704. The molecule has 106 valence electrons. The summed E-state index contributed by atoms with van der Waals surface area (Å²) in [4.78, 5) is 25.5. The Kier molecular flexibility index (Phi) is 3.47. The Morgan fingerprint density at radius 2 is 2.00 bits per heavy atom. The van der Waals surface area contributed by atoms with Gasteiger partial charge >= 0.3 is 5.97 Å². The van der Waals surface area contributed by atoms with Gasteiger partial charge in [-0.1, -0.05) is 0 Å². The van der Waals surface area contributed by atoms with Crippen molar-refractivity contribution in [2.45, 2.75) is 31.3 Å². The second kappa shape index (κ2) is 4.98. The topological polar surface area (TPSA) is 83.6 Å². The van der Waals surface area contributed by atoms with Gasteiger partial charge < -0.3 is 15.7 Å². The van der Waals surface area contributed by atoms with Crippen molar-refractivity contribution in [3.8, 4) is 0 Å². The Hall–Kier alpha value is -0.750. The molecule has 0 aromatic carbocycles. The molecule has 3 aliphatic rings. The Balaban J connectivity index is 1.77. The highest BCUT2D eigenvalue weighted by molar-refractivity contribution is 7.99. The van der Waals surface area contributed by atoms with Gasteiger partial charge in [0.15, 0.2) is 0 Å². The number of amides is 1. The molecule has 3 rings (SSSR count). The van der Waals surface area contributed by atoms with Gasteiger partial charge in [-0.3, -0.25) is 4.79 Å². The van der Waals surface area contributed by atoms with Gasteiger partial charge in [-0.05, 0) is 31.1 Å². The number of aliphatic carboxylic acids is 1. The number of hydrogen-bond donors (Lipinski definition) is 2. The molecule has 0 spiro atoms. The number of carboxylic acid groups (broad SMARTS) is 1. The summed E-state index contributed by atoms with van der Waals surface area (Å²) in [5, 5.41) is 9.26. The Labute approximate surface area is 116 Å². The van der Waals surface area contributed by atoms with Crippen molar-refractivity contribution in [1.82, 2.24) is 4.90 Å². The number of nitrogens with two attached hydrogens (primary N) is 1. The van der Waals surface area contributed by atoms with Crippen LogP contribution in [0.4, 0.5) is 0 Å². The molecular weight excluding hydrogens is 264 g/mol. The number of carbonyl (C=O) groups is 2. The normalized spacial score (nSPS) is 41.5. The van der Waals surface area contributed by atoms with E-state index in [0.29, 0.717) is 24.1 Å². The maximum Gasteiger partial charge on any atom is 0.327 e. The van der Waals surface area contributed by atoms with Crippen LogP contribution in [0.2, 0.25) is 0 Å². The highest BCUT2D eigenvalue weighted by atomic mass is 32.2. The van der Waals surface area contributed by atoms with E-state index in [1.165, 1.54) is 0 Å². The molecule has 1 heterocycles. The van der Waals surface area contributed by atoms with Gasteiger partial charge in [0.05, 0.1) is 5.92 Å². The summed E-state index contributed by atoms with van der Waals surface area (Å²) >= 11 is 1.61. The lowest BCUT2D eigenvalue weighted by atomic mass is 9.83. The van der Waals surface area contributed by atoms with E-state index in [1.807, 2.05) is 0 Å². The van der Waals surface area contributed by atoms with Gasteiger partial charge in [0.25, 0.3) is 0 Å². The van der Waals surface area contributed by atoms with Crippen molar-refractivity contribution >= 4 is 23.6 Å². The van der Waals surface area contributed by atoms with E-state index < -0.39 is 12.0 Å². The second-order valence-electron chi connectivity index (χ2n) is 5.90. The summed E-state index contributed by atoms with van der Waals surface area (Å²) in [5.41, 5.74) is 6.19. The van der Waals surface area contributed by atoms with Crippen LogP contribution in [0.5, 0.6) is 0 Å². The molecule has 5 atom stereocenters. The maximum absolute atomic E-state index is 12.7. The summed E-state index contributed by atoms with van der Waals surface area (Å²) in [5.74, 6) is 1.15. The van der Waals surface area contributed by atoms with Gasteiger partial charge in [0, 0.05) is 24.1 Å². The summed E-state index contributed by atoms with van der Waals surface area (Å²) < 4.78 is 0. The first-order valence-corrected chi connectivity index (χ1v) is 8.11. The van der Waals surface area contributed by atoms with E-state index in [2.05, 4.69) is 0 Å². The highest BCUT2D eigenvalue weighted by Crippen LogP contribution is 2.48. The fourth-order valence-corrected chi connectivity index (χ4v) is 5.00. The van der Waals surface area contributed by atoms with E-state index >= 15 is 0 Å². The first kappa shape index (κ1) is 13.2. The molecule has 2 aliphatic carbocycles. The van der Waals surface area contributed by atoms with Gasteiger partial charge in [-0.25, -0.2) is 4.79 Å². The van der Waals surface area contributed by atoms with Crippen LogP contribution in [0.25, 0.3) is 0 Å². The van der Waals surface area contributed by atoms with Crippen LogP contribution in [0.15, 0.2) is 0 Å². The summed E-state index contributed by atoms with van der Waals surface area (Å²) in [6.45, 7) is 0.543. The summed E-state index contributed by atoms with van der Waals surface area (Å²) in [7, 11) is 0. The van der Waals surface area contributed by atoms with Gasteiger partial charge in [0.1, 0.15) is 6.04 Å². The monoisotopic (exact) mass is 284 g/mol. The molecule has 6 heteroatoms. The average molecular weight is 284 g/mol. The third kappa shape index (κ3) is 2.14. The van der Waals surface area contributed by atoms with Crippen LogP contribution in [0.1, 0.15) is 19.3 Å². The first-order chi connectivity index (χ1) is 9.09. The molecule has 3 N–H and O–H groups in total. The average Bonchev–Trinajstić information content (AvgIpc) is 2.98. The van der Waals surface area contributed by atoms with E-state index in [0.717, 1.165) is 25.0 Å². The Morgan fingerprint density at radius 3 is 2.63 bits per heavy atom. The predicted octanol–water partition coefficient (Wildman–Crippen LogP) is 0.388. The molecule has 1 saturated heterocycles. The molecule has 2 bridgehead atoms. The lowest BCUT2D eigenvalue weighted by Gasteiger charge is -2.37. The fraction of sp³-hybridized carbons (Fsp3) is 0.846. The number of thioether (sulfide) groups is 1. The molecule has 1 amide bonds. The zero-order chi connectivity index (χ0) is 13.6. The van der Waals surface area contributed by atoms with E-state index in [9.17, 15) is 14.7 Å². The van der Waals surface area contributed by atoms with E-state index in [4.69, 9.17) is 5.73 Å². The third-order valence-corrected chi connectivity index (χ3v) is 5.99. The van der Waals surface area contributed by atoms with Crippen molar-refractivity contribution in [1.29, 1.82) is 0 Å². The van der Waals surface area contributed by atoms with Gasteiger partial charge in [-0.2, -0.15) is 11.8 Å². The lowest BCUT2D eigenvalue weighted by molar-refractivity contribution is -0.152. The molecule has 5 unspecified atom stereocenters. The minimum atomic E-state index is -0.891. The van der Waals surface area contributed by atoms with Crippen LogP contribution < -0.4 is 5.73 Å². The Morgan fingerprint density at radius 1 is 1.26 bits per heavy atom. The zero-order valence-electron chi connectivity index (χ0n) is 10.8. The summed E-state index contributed by atoms with van der Waals surface area (Å²) in [6.07, 6.45) is 3.26. The molecule has 3 fully saturated rings. The number of rotatable bonds is 2. The number of carbonyl (C=O) groups excluding carboxylic acids is 1. The first-order valence-electron chi connectivity index (χ1n) is 6.96. The van der Waals surface area contributed by atoms with Crippen molar-refractivity contribution in [2.75, 3.05) is 18.1 Å². The van der Waals surface area contributed by atoms with Gasteiger partial charge in [-0.15, -0.1) is 0 Å². The number of nitrogens with zero attached hydrogens (tertiary/aromatic N) is 1. The largest absolute Gasteiger partial charge is 0.480 e. The van der Waals surface area contributed by atoms with E-state index in [-0.39, 0.29) is 17.9 Å². The maximum atomic E-state index is 12.7. The highest BCUT2D eigenvalue weighted by Gasteiger charge is 2.51. The van der Waals surface area contributed by atoms with Crippen LogP contribution in [-0.2, 0) is 9.59 Å². The number of carboxylic acids is 1. The fourth-order valence-electron chi connectivity index (χ4n) is 3.97. The molecule has 0 aromatic heterocycles. The molecule has 0 aromatic rings. The molecule has 2 saturated carbocycles. The lowest BCUT2D eigenvalue weighted by Crippen LogP contribution is -2.55. The SMILES string of the molecule is NC1C2CCC(C2)C1C(=O)N1CCSCC1C(=O)O. The van der Waals surface area contributed by atoms with Crippen LogP contribution in [-0.4, -0.2) is 52.0 Å². The zero-order valence-corrected chi connectivity index (χ0v) is 11.6. The van der Waals surface area contributed by atoms with Gasteiger partial charge in [0.2, 0.25) is 5.91 Å². The summed E-state index contributed by atoms with van der Waals surface area (Å²) in [6, 6.07) is -0.729. The molecular formula is C13H20N2O3S. The second-order valence-corrected chi connectivity index (χ2v) is 7.05. The molecule has 0 radical (unpaired) electrons. The van der Waals surface area contributed by atoms with Crippen molar-refractivity contribution < 1.29 is 14.7 Å². The van der Waals surface area contributed by atoms with Crippen LogP contribution >= 0.6 is 11.8 Å². The minimum Gasteiger partial charge on any atom is -0.480 e. The predicted molar refractivity (Wildman–Crippen MR) is 72.8 cm³/mol. The third-order valence-electron chi connectivity index (χ3n) is 4.96. The van der Waals surface area contributed by atoms with E-state index in [1.54, 1.807) is 16.7 Å². The molecule has 5 nitrogen and oxygen atoms in total. The van der Waals surface area contributed by atoms with Crippen molar-refractivity contribution in [3.63, 3.8) is 0 Å². The van der Waals surface area contributed by atoms with Crippen molar-refractivity contribution in [2.24, 2.45) is 23.5 Å². The van der Waals surface area contributed by atoms with Crippen LogP contribution in [0.3, 0.4) is 0 Å². The van der Waals surface area contributed by atoms with Crippen molar-refractivity contribution in [3.05, 3.63) is 0 Å². The molecule has 1 aliphatic heterocycles. The smallest absolute Gasteiger partial charge is 0.327 e. The Bertz CT molecular complexity index is 401. The number of hydrogen-bond acceptors (Lipinski definition) is 4. The molecule has 19 heavy (non-hydrogen) atoms. The quantitative estimate of drug-likeness (QED) is 0.766. The standard InChI is InChI=1S/C13H20N2O3S/c14-11-8-2-1-7(5-8)10(11)12(16)15-3-4-19-6-9(15)13(17)18/h7-11H,1-6,14H2,(H,17,18). The van der Waals surface area contributed by atoms with Crippen LogP contribution in [0, 0.1) is 17.8 Å². The number of fused-ring (bicyclic) bond motifs is 2.